The Bertz CT molecular complexity index is 493. The first kappa shape index (κ1) is 17.1. The van der Waals surface area contributed by atoms with Crippen LogP contribution in [0.5, 0.6) is 0 Å². The van der Waals surface area contributed by atoms with Crippen LogP contribution in [-0.2, 0) is 10.4 Å². The molecule has 1 amide bonds. The summed E-state index contributed by atoms with van der Waals surface area (Å²) in [5.41, 5.74) is -7.29. The van der Waals surface area contributed by atoms with Crippen LogP contribution in [0.1, 0.15) is 5.56 Å². The number of methoxy groups -OCH3 is 1. The molecular formula is C11H8F7NO2. The third-order valence-electron chi connectivity index (χ3n) is 2.50. The number of benzene rings is 1. The normalized spacial score (nSPS) is 13.0. The Balaban J connectivity index is 3.21. The molecule has 0 radical (unpaired) electrons. The van der Waals surface area contributed by atoms with Gasteiger partial charge in [-0.1, -0.05) is 12.1 Å². The predicted octanol–water partition coefficient (Wildman–Crippen LogP) is 4.15. The standard InChI is InChI=1S/C11H8F7NO2/c1-21-8(20)19-7-4-2-6(3-5-7)9(12,10(13,14)15)11(16,17)18/h2-5H,1H3,(H,19,20). The minimum absolute atomic E-state index is 0.155. The number of hydrogen-bond acceptors (Lipinski definition) is 2. The molecule has 0 bridgehead atoms. The third kappa shape index (κ3) is 3.19. The Morgan fingerprint density at radius 2 is 1.38 bits per heavy atom. The van der Waals surface area contributed by atoms with Gasteiger partial charge in [0.15, 0.2) is 0 Å². The zero-order chi connectivity index (χ0) is 16.5. The van der Waals surface area contributed by atoms with Gasteiger partial charge in [-0.15, -0.1) is 0 Å². The molecule has 0 saturated carbocycles. The molecule has 1 aromatic rings. The van der Waals surface area contributed by atoms with Crippen LogP contribution in [0.15, 0.2) is 24.3 Å². The second kappa shape index (κ2) is 5.41. The third-order valence-corrected chi connectivity index (χ3v) is 2.50. The van der Waals surface area contributed by atoms with E-state index < -0.39 is 29.7 Å². The van der Waals surface area contributed by atoms with Crippen molar-refractivity contribution in [1.82, 2.24) is 0 Å². The Labute approximate surface area is 113 Å². The molecule has 0 unspecified atom stereocenters. The van der Waals surface area contributed by atoms with Crippen LogP contribution in [0.4, 0.5) is 41.2 Å². The SMILES string of the molecule is COC(=O)Nc1ccc(C(F)(C(F)(F)F)C(F)(F)F)cc1. The largest absolute Gasteiger partial charge is 0.453 e. The molecule has 0 atom stereocenters. The quantitative estimate of drug-likeness (QED) is 0.832. The van der Waals surface area contributed by atoms with Gasteiger partial charge in [-0.05, 0) is 12.1 Å². The summed E-state index contributed by atoms with van der Waals surface area (Å²) in [4.78, 5) is 10.8. The number of nitrogens with one attached hydrogen (secondary N) is 1. The van der Waals surface area contributed by atoms with Crippen molar-refractivity contribution in [2.45, 2.75) is 18.0 Å². The maximum absolute atomic E-state index is 13.6. The number of halogens is 7. The van der Waals surface area contributed by atoms with E-state index in [1.165, 1.54) is 0 Å². The molecule has 0 aliphatic heterocycles. The van der Waals surface area contributed by atoms with E-state index in [-0.39, 0.29) is 17.8 Å². The highest BCUT2D eigenvalue weighted by Crippen LogP contribution is 2.53. The zero-order valence-electron chi connectivity index (χ0n) is 10.3. The summed E-state index contributed by atoms with van der Waals surface area (Å²) in [7, 11) is 1.00. The molecule has 1 rings (SSSR count). The molecule has 0 fully saturated rings. The van der Waals surface area contributed by atoms with Gasteiger partial charge < -0.3 is 4.74 Å². The van der Waals surface area contributed by atoms with Crippen LogP contribution in [0.25, 0.3) is 0 Å². The second-order valence-corrected chi connectivity index (χ2v) is 3.85. The summed E-state index contributed by atoms with van der Waals surface area (Å²) in [5, 5.41) is 2.00. The molecule has 0 aliphatic rings. The number of anilines is 1. The van der Waals surface area contributed by atoms with Crippen LogP contribution in [0, 0.1) is 0 Å². The van der Waals surface area contributed by atoms with Gasteiger partial charge in [0.1, 0.15) is 0 Å². The van der Waals surface area contributed by atoms with Crippen LogP contribution in [-0.4, -0.2) is 25.6 Å². The van der Waals surface area contributed by atoms with Crippen LogP contribution in [0.3, 0.4) is 0 Å². The molecule has 0 spiro atoms. The van der Waals surface area contributed by atoms with Gasteiger partial charge in [-0.3, -0.25) is 5.32 Å². The first-order chi connectivity index (χ1) is 9.43. The lowest BCUT2D eigenvalue weighted by molar-refractivity contribution is -0.348. The number of rotatable bonds is 2. The van der Waals surface area contributed by atoms with E-state index in [0.29, 0.717) is 12.1 Å². The number of hydrogen-bond donors (Lipinski definition) is 1. The molecule has 118 valence electrons. The maximum atomic E-state index is 13.6. The van der Waals surface area contributed by atoms with Gasteiger partial charge in [-0.25, -0.2) is 9.18 Å². The van der Waals surface area contributed by atoms with E-state index in [2.05, 4.69) is 4.74 Å². The summed E-state index contributed by atoms with van der Waals surface area (Å²) >= 11 is 0. The van der Waals surface area contributed by atoms with Gasteiger partial charge in [0.05, 0.1) is 7.11 Å². The summed E-state index contributed by atoms with van der Waals surface area (Å²) in [6.45, 7) is 0. The van der Waals surface area contributed by atoms with E-state index >= 15 is 0 Å². The van der Waals surface area contributed by atoms with Gasteiger partial charge in [0, 0.05) is 11.3 Å². The van der Waals surface area contributed by atoms with Crippen LogP contribution in [0.2, 0.25) is 0 Å². The lowest BCUT2D eigenvalue weighted by Crippen LogP contribution is -2.50. The molecule has 0 saturated heterocycles. The van der Waals surface area contributed by atoms with E-state index in [9.17, 15) is 35.5 Å². The van der Waals surface area contributed by atoms with Gasteiger partial charge in [0.25, 0.3) is 0 Å². The number of carbonyl (C=O) groups is 1. The lowest BCUT2D eigenvalue weighted by Gasteiger charge is -2.30. The van der Waals surface area contributed by atoms with Crippen LogP contribution < -0.4 is 5.32 Å². The molecule has 0 aromatic heterocycles. The van der Waals surface area contributed by atoms with Crippen LogP contribution >= 0.6 is 0 Å². The number of amides is 1. The van der Waals surface area contributed by atoms with Gasteiger partial charge in [-0.2, -0.15) is 26.3 Å². The first-order valence-electron chi connectivity index (χ1n) is 5.21. The van der Waals surface area contributed by atoms with Crippen molar-refractivity contribution in [2.75, 3.05) is 12.4 Å². The number of alkyl halides is 7. The fraction of sp³-hybridized carbons (Fsp3) is 0.364. The molecule has 0 heterocycles. The molecule has 21 heavy (non-hydrogen) atoms. The average molecular weight is 319 g/mol. The first-order valence-corrected chi connectivity index (χ1v) is 5.21. The summed E-state index contributed by atoms with van der Waals surface area (Å²) in [6, 6.07) is 1.95. The molecular weight excluding hydrogens is 311 g/mol. The molecule has 1 aromatic carbocycles. The minimum Gasteiger partial charge on any atom is -0.453 e. The van der Waals surface area contributed by atoms with E-state index in [4.69, 9.17) is 0 Å². The smallest absolute Gasteiger partial charge is 0.435 e. The van der Waals surface area contributed by atoms with Crippen molar-refractivity contribution in [1.29, 1.82) is 0 Å². The second-order valence-electron chi connectivity index (χ2n) is 3.85. The van der Waals surface area contributed by atoms with E-state index in [0.717, 1.165) is 7.11 Å². The highest BCUT2D eigenvalue weighted by molar-refractivity contribution is 5.84. The highest BCUT2D eigenvalue weighted by Gasteiger charge is 2.73. The van der Waals surface area contributed by atoms with Crippen molar-refractivity contribution >= 4 is 11.8 Å². The van der Waals surface area contributed by atoms with Crippen molar-refractivity contribution in [2.24, 2.45) is 0 Å². The fourth-order valence-electron chi connectivity index (χ4n) is 1.44. The highest BCUT2D eigenvalue weighted by atomic mass is 19.4. The van der Waals surface area contributed by atoms with E-state index in [1.54, 1.807) is 0 Å². The molecule has 1 N–H and O–H groups in total. The average Bonchev–Trinajstić information content (AvgIpc) is 2.35. The maximum Gasteiger partial charge on any atom is 0.435 e. The monoisotopic (exact) mass is 319 g/mol. The number of ether oxygens (including phenoxy) is 1. The van der Waals surface area contributed by atoms with Crippen molar-refractivity contribution in [3.8, 4) is 0 Å². The molecule has 3 nitrogen and oxygen atoms in total. The summed E-state index contributed by atoms with van der Waals surface area (Å²) in [6.07, 6.45) is -13.3. The van der Waals surface area contributed by atoms with Gasteiger partial charge in [0.2, 0.25) is 0 Å². The van der Waals surface area contributed by atoms with Crippen molar-refractivity contribution < 1.29 is 40.3 Å². The summed E-state index contributed by atoms with van der Waals surface area (Å²) in [5.74, 6) is 0. The topological polar surface area (TPSA) is 38.3 Å². The van der Waals surface area contributed by atoms with E-state index in [1.807, 2.05) is 5.32 Å². The fourth-order valence-corrected chi connectivity index (χ4v) is 1.44. The van der Waals surface area contributed by atoms with Crippen molar-refractivity contribution in [3.05, 3.63) is 29.8 Å². The van der Waals surface area contributed by atoms with Crippen molar-refractivity contribution in [3.63, 3.8) is 0 Å². The minimum atomic E-state index is -6.18. The Hall–Kier alpha value is -2.00. The lowest BCUT2D eigenvalue weighted by atomic mass is 9.94. The zero-order valence-corrected chi connectivity index (χ0v) is 10.3. The number of carbonyl (C=O) groups excluding carboxylic acids is 1. The molecule has 0 aliphatic carbocycles. The summed E-state index contributed by atoms with van der Waals surface area (Å²) < 4.78 is 92.6. The Morgan fingerprint density at radius 1 is 0.952 bits per heavy atom. The van der Waals surface area contributed by atoms with Gasteiger partial charge >= 0.3 is 24.1 Å². The predicted molar refractivity (Wildman–Crippen MR) is 57.4 cm³/mol. The Kier molecular flexibility index (Phi) is 4.40. The Morgan fingerprint density at radius 3 is 1.71 bits per heavy atom. The molecule has 10 heteroatoms.